The first kappa shape index (κ1) is 13.0. The molecule has 0 spiro atoms. The lowest BCUT2D eigenvalue weighted by Crippen LogP contribution is -2.30. The Morgan fingerprint density at radius 1 is 1.33 bits per heavy atom. The Morgan fingerprint density at radius 2 is 2.00 bits per heavy atom. The summed E-state index contributed by atoms with van der Waals surface area (Å²) in [7, 11) is 0. The van der Waals surface area contributed by atoms with Crippen molar-refractivity contribution in [2.75, 3.05) is 0 Å². The molecule has 0 unspecified atom stereocenters. The Balaban J connectivity index is 2.58. The van der Waals surface area contributed by atoms with Gasteiger partial charge in [-0.3, -0.25) is 0 Å². The van der Waals surface area contributed by atoms with Gasteiger partial charge in [0.1, 0.15) is 0 Å². The predicted octanol–water partition coefficient (Wildman–Crippen LogP) is 4.24. The number of hydrogen-bond donors (Lipinski definition) is 1. The van der Waals surface area contributed by atoms with Gasteiger partial charge in [0.15, 0.2) is 0 Å². The van der Waals surface area contributed by atoms with Crippen LogP contribution in [0.3, 0.4) is 0 Å². The van der Waals surface area contributed by atoms with Crippen molar-refractivity contribution >= 4 is 27.5 Å². The Bertz CT molecular complexity index is 325. The third-order valence-electron chi connectivity index (χ3n) is 2.63. The SMILES string of the molecule is CC(C)[C@H](C)NCc1ccc(Br)cc1Cl. The number of halogens is 2. The van der Waals surface area contributed by atoms with E-state index in [4.69, 9.17) is 11.6 Å². The third kappa shape index (κ3) is 4.13. The van der Waals surface area contributed by atoms with Crippen LogP contribution in [0, 0.1) is 5.92 Å². The highest BCUT2D eigenvalue weighted by Crippen LogP contribution is 2.21. The van der Waals surface area contributed by atoms with Gasteiger partial charge in [-0.15, -0.1) is 0 Å². The molecule has 3 heteroatoms. The molecule has 0 heterocycles. The average Bonchev–Trinajstić information content (AvgIpc) is 2.15. The van der Waals surface area contributed by atoms with Gasteiger partial charge in [0.25, 0.3) is 0 Å². The van der Waals surface area contributed by atoms with Crippen molar-refractivity contribution in [1.29, 1.82) is 0 Å². The van der Waals surface area contributed by atoms with E-state index in [-0.39, 0.29) is 0 Å². The molecule has 84 valence electrons. The van der Waals surface area contributed by atoms with Crippen molar-refractivity contribution in [3.05, 3.63) is 33.3 Å². The molecule has 1 nitrogen and oxygen atoms in total. The standard InChI is InChI=1S/C12H17BrClN/c1-8(2)9(3)15-7-10-4-5-11(13)6-12(10)14/h4-6,8-9,15H,7H2,1-3H3/t9-/m0/s1. The maximum atomic E-state index is 6.12. The molecule has 0 aliphatic rings. The van der Waals surface area contributed by atoms with Crippen molar-refractivity contribution in [2.24, 2.45) is 5.92 Å². The van der Waals surface area contributed by atoms with E-state index >= 15 is 0 Å². The van der Waals surface area contributed by atoms with Gasteiger partial charge in [0.2, 0.25) is 0 Å². The van der Waals surface area contributed by atoms with Crippen molar-refractivity contribution in [3.63, 3.8) is 0 Å². The number of nitrogens with one attached hydrogen (secondary N) is 1. The molecular formula is C12H17BrClN. The van der Waals surface area contributed by atoms with Gasteiger partial charge in [0, 0.05) is 22.1 Å². The van der Waals surface area contributed by atoms with Gasteiger partial charge in [-0.25, -0.2) is 0 Å². The van der Waals surface area contributed by atoms with Crippen molar-refractivity contribution in [1.82, 2.24) is 5.32 Å². The Labute approximate surface area is 105 Å². The minimum absolute atomic E-state index is 0.504. The van der Waals surface area contributed by atoms with Crippen molar-refractivity contribution < 1.29 is 0 Å². The van der Waals surface area contributed by atoms with Crippen LogP contribution in [0.25, 0.3) is 0 Å². The summed E-state index contributed by atoms with van der Waals surface area (Å²) in [6.07, 6.45) is 0. The highest BCUT2D eigenvalue weighted by Gasteiger charge is 2.07. The summed E-state index contributed by atoms with van der Waals surface area (Å²) in [5, 5.41) is 4.27. The second-order valence-electron chi connectivity index (χ2n) is 4.15. The highest BCUT2D eigenvalue weighted by molar-refractivity contribution is 9.10. The van der Waals surface area contributed by atoms with Crippen LogP contribution < -0.4 is 5.32 Å². The smallest absolute Gasteiger partial charge is 0.0462 e. The van der Waals surface area contributed by atoms with Crippen LogP contribution in [0.4, 0.5) is 0 Å². The predicted molar refractivity (Wildman–Crippen MR) is 70.3 cm³/mol. The minimum Gasteiger partial charge on any atom is -0.310 e. The van der Waals surface area contributed by atoms with Gasteiger partial charge in [-0.2, -0.15) is 0 Å². The molecule has 15 heavy (non-hydrogen) atoms. The van der Waals surface area contributed by atoms with Crippen LogP contribution in [0.1, 0.15) is 26.3 Å². The van der Waals surface area contributed by atoms with Crippen LogP contribution in [0.15, 0.2) is 22.7 Å². The van der Waals surface area contributed by atoms with Crippen molar-refractivity contribution in [2.45, 2.75) is 33.4 Å². The van der Waals surface area contributed by atoms with Gasteiger partial charge in [-0.1, -0.05) is 47.4 Å². The fraction of sp³-hybridized carbons (Fsp3) is 0.500. The molecule has 0 aromatic heterocycles. The first-order valence-corrected chi connectivity index (χ1v) is 6.35. The maximum Gasteiger partial charge on any atom is 0.0462 e. The van der Waals surface area contributed by atoms with E-state index in [0.717, 1.165) is 21.6 Å². The second-order valence-corrected chi connectivity index (χ2v) is 5.47. The van der Waals surface area contributed by atoms with E-state index in [0.29, 0.717) is 12.0 Å². The topological polar surface area (TPSA) is 12.0 Å². The van der Waals surface area contributed by atoms with Crippen molar-refractivity contribution in [3.8, 4) is 0 Å². The third-order valence-corrected chi connectivity index (χ3v) is 3.47. The van der Waals surface area contributed by atoms with Gasteiger partial charge in [-0.05, 0) is 30.5 Å². The zero-order valence-corrected chi connectivity index (χ0v) is 11.7. The summed E-state index contributed by atoms with van der Waals surface area (Å²) in [4.78, 5) is 0. The Morgan fingerprint density at radius 3 is 2.53 bits per heavy atom. The zero-order valence-electron chi connectivity index (χ0n) is 9.35. The first-order chi connectivity index (χ1) is 7.00. The Kier molecular flexibility index (Phi) is 5.10. The molecule has 0 fully saturated rings. The highest BCUT2D eigenvalue weighted by atomic mass is 79.9. The molecular weight excluding hydrogens is 273 g/mol. The maximum absolute atomic E-state index is 6.12. The lowest BCUT2D eigenvalue weighted by Gasteiger charge is -2.17. The molecule has 0 saturated heterocycles. The van der Waals surface area contributed by atoms with Crippen LogP contribution in [0.5, 0.6) is 0 Å². The van der Waals surface area contributed by atoms with Gasteiger partial charge < -0.3 is 5.32 Å². The number of hydrogen-bond acceptors (Lipinski definition) is 1. The van der Waals surface area contributed by atoms with E-state index < -0.39 is 0 Å². The summed E-state index contributed by atoms with van der Waals surface area (Å²) in [5.74, 6) is 0.638. The average molecular weight is 291 g/mol. The fourth-order valence-electron chi connectivity index (χ4n) is 1.17. The molecule has 1 rings (SSSR count). The monoisotopic (exact) mass is 289 g/mol. The van der Waals surface area contributed by atoms with E-state index in [9.17, 15) is 0 Å². The summed E-state index contributed by atoms with van der Waals surface area (Å²) in [5.41, 5.74) is 1.15. The molecule has 0 radical (unpaired) electrons. The summed E-state index contributed by atoms with van der Waals surface area (Å²) < 4.78 is 1.02. The van der Waals surface area contributed by atoms with Crippen LogP contribution in [-0.4, -0.2) is 6.04 Å². The summed E-state index contributed by atoms with van der Waals surface area (Å²) >= 11 is 9.52. The quantitative estimate of drug-likeness (QED) is 0.875. The lowest BCUT2D eigenvalue weighted by molar-refractivity contribution is 0.426. The lowest BCUT2D eigenvalue weighted by atomic mass is 10.1. The number of benzene rings is 1. The van der Waals surface area contributed by atoms with E-state index in [1.807, 2.05) is 18.2 Å². The molecule has 0 aliphatic carbocycles. The first-order valence-electron chi connectivity index (χ1n) is 5.18. The van der Waals surface area contributed by atoms with E-state index in [1.54, 1.807) is 0 Å². The van der Waals surface area contributed by atoms with Gasteiger partial charge in [0.05, 0.1) is 0 Å². The second kappa shape index (κ2) is 5.88. The molecule has 0 saturated carbocycles. The van der Waals surface area contributed by atoms with Gasteiger partial charge >= 0.3 is 0 Å². The molecule has 1 atom stereocenters. The van der Waals surface area contributed by atoms with Crippen LogP contribution in [0.2, 0.25) is 5.02 Å². The number of rotatable bonds is 4. The minimum atomic E-state index is 0.504. The summed E-state index contributed by atoms with van der Waals surface area (Å²) in [6.45, 7) is 7.44. The van der Waals surface area contributed by atoms with Crippen LogP contribution >= 0.6 is 27.5 Å². The molecule has 1 aromatic rings. The summed E-state index contributed by atoms with van der Waals surface area (Å²) in [6, 6.07) is 6.50. The molecule has 0 bridgehead atoms. The molecule has 0 amide bonds. The molecule has 1 aromatic carbocycles. The fourth-order valence-corrected chi connectivity index (χ4v) is 1.91. The zero-order chi connectivity index (χ0) is 11.4. The Hall–Kier alpha value is -0.0500. The van der Waals surface area contributed by atoms with Crippen LogP contribution in [-0.2, 0) is 6.54 Å². The normalized spacial score (nSPS) is 13.2. The van der Waals surface area contributed by atoms with E-state index in [2.05, 4.69) is 42.0 Å². The molecule has 0 aliphatic heterocycles. The largest absolute Gasteiger partial charge is 0.310 e. The molecule has 1 N–H and O–H groups in total. The van der Waals surface area contributed by atoms with E-state index in [1.165, 1.54) is 0 Å².